The maximum Gasteiger partial charge on any atom is 0.378 e. The molecular formula is C37H39BCl2N3O8S+. The van der Waals surface area contributed by atoms with Crippen LogP contribution in [-0.2, 0) is 27.5 Å². The smallest absolute Gasteiger partial charge is 0.378 e. The van der Waals surface area contributed by atoms with Crippen LogP contribution < -0.4 is 24.3 Å². The highest BCUT2D eigenvalue weighted by Gasteiger charge is 2.53. The van der Waals surface area contributed by atoms with Crippen molar-refractivity contribution in [2.75, 3.05) is 52.7 Å². The van der Waals surface area contributed by atoms with Crippen LogP contribution in [0.1, 0.15) is 34.3 Å². The molecule has 15 heteroatoms. The molecule has 6 rings (SSSR count). The summed E-state index contributed by atoms with van der Waals surface area (Å²) in [5.74, 6) is 1.18. The third-order valence-corrected chi connectivity index (χ3v) is 11.9. The van der Waals surface area contributed by atoms with Crippen molar-refractivity contribution >= 4 is 60.8 Å². The number of amides is 2. The van der Waals surface area contributed by atoms with E-state index < -0.39 is 11.3 Å². The van der Waals surface area contributed by atoms with Crippen molar-refractivity contribution < 1.29 is 42.5 Å². The van der Waals surface area contributed by atoms with Gasteiger partial charge in [0.15, 0.2) is 11.5 Å². The number of nitrogens with one attached hydrogen (secondary N) is 1. The Hall–Kier alpha value is -4.04. The van der Waals surface area contributed by atoms with Crippen molar-refractivity contribution in [1.82, 2.24) is 10.2 Å². The van der Waals surface area contributed by atoms with Crippen molar-refractivity contribution in [3.05, 3.63) is 93.6 Å². The molecule has 0 aromatic heterocycles. The molecule has 3 aromatic rings. The molecule has 2 atom stereocenters. The Kier molecular flexibility index (Phi) is 12.1. The van der Waals surface area contributed by atoms with E-state index in [9.17, 15) is 14.4 Å². The van der Waals surface area contributed by atoms with Crippen LogP contribution >= 0.6 is 35.0 Å². The number of benzene rings is 3. The maximum atomic E-state index is 13.6. The molecule has 3 aromatic carbocycles. The predicted octanol–water partition coefficient (Wildman–Crippen LogP) is 5.26. The standard InChI is InChI=1S/C37H38BCl2N3O8S/c1-47-26-9-5-23(6-10-26)20-49-29-14-13-28(30(39)33(29)50-21-24-7-11-27(48-2)12-8-24)34(44)41-15-18-43(16-3-4-17-43)19-25-22-52-36-31(40)35(45)42(36)32(25)37(46)51-38/h5-14,31,36H,3-4,15-22H2,1-2H3/p+1/t31-,36-/m1/s1. The fourth-order valence-electron chi connectivity index (χ4n) is 6.76. The van der Waals surface area contributed by atoms with Crippen molar-refractivity contribution in [2.45, 2.75) is 36.8 Å². The third kappa shape index (κ3) is 8.12. The molecular weight excluding hydrogens is 728 g/mol. The molecule has 272 valence electrons. The number of quaternary nitrogens is 1. The van der Waals surface area contributed by atoms with E-state index in [-0.39, 0.29) is 52.4 Å². The Morgan fingerprint density at radius 1 is 0.942 bits per heavy atom. The molecule has 1 N–H and O–H groups in total. The number of nitrogens with zero attached hydrogens (tertiary/aromatic N) is 2. The van der Waals surface area contributed by atoms with Gasteiger partial charge in [-0.3, -0.25) is 14.5 Å². The molecule has 2 fully saturated rings. The summed E-state index contributed by atoms with van der Waals surface area (Å²) >= 11 is 14.7. The second kappa shape index (κ2) is 16.8. The quantitative estimate of drug-likeness (QED) is 0.0959. The molecule has 52 heavy (non-hydrogen) atoms. The van der Waals surface area contributed by atoms with Crippen LogP contribution in [0.25, 0.3) is 0 Å². The highest BCUT2D eigenvalue weighted by Crippen LogP contribution is 2.44. The molecule has 11 nitrogen and oxygen atoms in total. The number of fused-ring (bicyclic) bond motifs is 1. The third-order valence-electron chi connectivity index (χ3n) is 9.60. The number of carbonyl (C=O) groups is 3. The number of hydrogen-bond donors (Lipinski definition) is 1. The monoisotopic (exact) mass is 766 g/mol. The largest absolute Gasteiger partial charge is 0.539 e. The number of β-lactam (4-membered cyclic amide) rings is 1. The van der Waals surface area contributed by atoms with Crippen molar-refractivity contribution in [3.63, 3.8) is 0 Å². The van der Waals surface area contributed by atoms with Gasteiger partial charge in [-0.15, -0.1) is 23.4 Å². The molecule has 0 saturated carbocycles. The minimum Gasteiger partial charge on any atom is -0.539 e. The Labute approximate surface area is 318 Å². The lowest BCUT2D eigenvalue weighted by molar-refractivity contribution is -0.911. The Morgan fingerprint density at radius 3 is 2.15 bits per heavy atom. The van der Waals surface area contributed by atoms with E-state index in [0.29, 0.717) is 35.6 Å². The van der Waals surface area contributed by atoms with Crippen molar-refractivity contribution in [3.8, 4) is 23.0 Å². The van der Waals surface area contributed by atoms with Crippen LogP contribution in [0.4, 0.5) is 0 Å². The summed E-state index contributed by atoms with van der Waals surface area (Å²) in [4.78, 5) is 40.4. The Morgan fingerprint density at radius 2 is 1.56 bits per heavy atom. The topological polar surface area (TPSA) is 113 Å². The van der Waals surface area contributed by atoms with Gasteiger partial charge in [0.2, 0.25) is 5.91 Å². The average molecular weight is 768 g/mol. The summed E-state index contributed by atoms with van der Waals surface area (Å²) in [5, 5.41) is 2.15. The minimum atomic E-state index is -0.751. The summed E-state index contributed by atoms with van der Waals surface area (Å²) in [5.41, 5.74) is 3.00. The second-order valence-corrected chi connectivity index (χ2v) is 14.8. The highest BCUT2D eigenvalue weighted by atomic mass is 35.5. The Balaban J connectivity index is 1.17. The normalized spacial score (nSPS) is 19.0. The van der Waals surface area contributed by atoms with E-state index in [1.807, 2.05) is 48.5 Å². The molecule has 2 amide bonds. The molecule has 0 unspecified atom stereocenters. The number of likely N-dealkylation sites (tertiary alicyclic amines) is 1. The fraction of sp³-hybridized carbons (Fsp3) is 0.378. The van der Waals surface area contributed by atoms with Crippen LogP contribution in [0.2, 0.25) is 5.02 Å². The van der Waals surface area contributed by atoms with Crippen LogP contribution in [-0.4, -0.2) is 98.7 Å². The lowest BCUT2D eigenvalue weighted by atomic mass is 10.1. The summed E-state index contributed by atoms with van der Waals surface area (Å²) in [6, 6.07) is 18.3. The van der Waals surface area contributed by atoms with E-state index in [1.54, 1.807) is 26.4 Å². The van der Waals surface area contributed by atoms with Crippen LogP contribution in [0.5, 0.6) is 23.0 Å². The van der Waals surface area contributed by atoms with Crippen molar-refractivity contribution in [2.24, 2.45) is 0 Å². The number of halogens is 2. The number of thioether (sulfide) groups is 1. The van der Waals surface area contributed by atoms with Gasteiger partial charge in [-0.2, -0.15) is 0 Å². The van der Waals surface area contributed by atoms with Crippen LogP contribution in [0.15, 0.2) is 71.9 Å². The lowest BCUT2D eigenvalue weighted by Crippen LogP contribution is -2.63. The van der Waals surface area contributed by atoms with Crippen LogP contribution in [0.3, 0.4) is 0 Å². The lowest BCUT2D eigenvalue weighted by Gasteiger charge is -2.48. The van der Waals surface area contributed by atoms with Gasteiger partial charge in [0.1, 0.15) is 47.7 Å². The number of alkyl halides is 1. The molecule has 3 heterocycles. The van der Waals surface area contributed by atoms with E-state index in [2.05, 4.69) is 9.97 Å². The molecule has 2 radical (unpaired) electrons. The number of methoxy groups -OCH3 is 2. The fourth-order valence-corrected chi connectivity index (χ4v) is 8.74. The van der Waals surface area contributed by atoms with Gasteiger partial charge < -0.3 is 33.4 Å². The van der Waals surface area contributed by atoms with Gasteiger partial charge in [0.25, 0.3) is 5.91 Å². The first kappa shape index (κ1) is 37.7. The molecule has 0 bridgehead atoms. The first-order valence-electron chi connectivity index (χ1n) is 16.9. The predicted molar refractivity (Wildman–Crippen MR) is 199 cm³/mol. The SMILES string of the molecule is [B]OC(=O)C1=C(C[N+]2(CCNC(=O)c3ccc(OCc4ccc(OC)cc4)c(OCc4ccc(OC)cc4)c3Cl)CCCC2)CS[C@@H]2[C@H](Cl)C(=O)N12. The minimum absolute atomic E-state index is 0.129. The first-order chi connectivity index (χ1) is 25.2. The number of hydrogen-bond acceptors (Lipinski definition) is 9. The van der Waals surface area contributed by atoms with E-state index in [0.717, 1.165) is 54.1 Å². The first-order valence-corrected chi connectivity index (χ1v) is 18.7. The van der Waals surface area contributed by atoms with E-state index in [4.69, 9.17) is 50.2 Å². The Bertz CT molecular complexity index is 1820. The molecule has 0 aliphatic carbocycles. The summed E-state index contributed by atoms with van der Waals surface area (Å²) in [6.45, 7) is 3.59. The van der Waals surface area contributed by atoms with Gasteiger partial charge in [-0.1, -0.05) is 35.9 Å². The summed E-state index contributed by atoms with van der Waals surface area (Å²) in [7, 11) is 8.49. The van der Waals surface area contributed by atoms with Gasteiger partial charge in [-0.25, -0.2) is 4.79 Å². The van der Waals surface area contributed by atoms with Gasteiger partial charge >= 0.3 is 14.0 Å². The average Bonchev–Trinajstić information content (AvgIpc) is 3.64. The zero-order chi connectivity index (χ0) is 36.8. The van der Waals surface area contributed by atoms with Gasteiger partial charge in [-0.05, 0) is 47.5 Å². The molecule has 3 aliphatic heterocycles. The zero-order valence-electron chi connectivity index (χ0n) is 28.9. The number of ether oxygens (including phenoxy) is 4. The molecule has 2 saturated heterocycles. The maximum absolute atomic E-state index is 13.6. The van der Waals surface area contributed by atoms with Gasteiger partial charge in [0, 0.05) is 24.2 Å². The summed E-state index contributed by atoms with van der Waals surface area (Å²) < 4.78 is 28.1. The summed E-state index contributed by atoms with van der Waals surface area (Å²) in [6.07, 6.45) is 2.00. The highest BCUT2D eigenvalue weighted by molar-refractivity contribution is 8.00. The van der Waals surface area contributed by atoms with E-state index in [1.165, 1.54) is 16.7 Å². The van der Waals surface area contributed by atoms with E-state index >= 15 is 0 Å². The number of rotatable bonds is 15. The van der Waals surface area contributed by atoms with Crippen LogP contribution in [0, 0.1) is 0 Å². The number of carbonyl (C=O) groups excluding carboxylic acids is 3. The van der Waals surface area contributed by atoms with Crippen molar-refractivity contribution in [1.29, 1.82) is 0 Å². The second-order valence-electron chi connectivity index (χ2n) is 12.8. The zero-order valence-corrected chi connectivity index (χ0v) is 31.2. The molecule has 0 spiro atoms. The molecule has 3 aliphatic rings. The van der Waals surface area contributed by atoms with Gasteiger partial charge in [0.05, 0.1) is 51.0 Å².